The highest BCUT2D eigenvalue weighted by atomic mass is 16.3. The molecule has 0 aromatic carbocycles. The molecule has 0 amide bonds. The van der Waals surface area contributed by atoms with E-state index in [0.717, 1.165) is 5.69 Å². The molecule has 3 heteroatoms. The van der Waals surface area contributed by atoms with E-state index in [4.69, 9.17) is 5.11 Å². The quantitative estimate of drug-likeness (QED) is 0.691. The molecule has 1 atom stereocenters. The van der Waals surface area contributed by atoms with Crippen molar-refractivity contribution in [2.75, 3.05) is 6.61 Å². The number of aliphatic hydroxyl groups excluding tert-OH is 1. The zero-order valence-electron chi connectivity index (χ0n) is 7.20. The van der Waals surface area contributed by atoms with Crippen molar-refractivity contribution in [2.24, 2.45) is 0 Å². The normalized spacial score (nSPS) is 13.5. The second kappa shape index (κ2) is 3.05. The van der Waals surface area contributed by atoms with Crippen molar-refractivity contribution >= 4 is 0 Å². The topological polar surface area (TPSA) is 38.0 Å². The maximum Gasteiger partial charge on any atom is 0.0724 e. The van der Waals surface area contributed by atoms with Crippen LogP contribution in [0.25, 0.3) is 0 Å². The summed E-state index contributed by atoms with van der Waals surface area (Å²) in [6.45, 7) is 6.11. The molecule has 1 aromatic rings. The lowest BCUT2D eigenvalue weighted by Crippen LogP contribution is -2.12. The van der Waals surface area contributed by atoms with Gasteiger partial charge in [-0.3, -0.25) is 4.68 Å². The molecule has 1 rings (SSSR count). The van der Waals surface area contributed by atoms with Gasteiger partial charge in [-0.1, -0.05) is 0 Å². The van der Waals surface area contributed by atoms with Gasteiger partial charge in [-0.2, -0.15) is 5.10 Å². The van der Waals surface area contributed by atoms with E-state index < -0.39 is 0 Å². The highest BCUT2D eigenvalue weighted by molar-refractivity contribution is 5.13. The molecule has 0 aliphatic carbocycles. The minimum Gasteiger partial charge on any atom is -0.394 e. The van der Waals surface area contributed by atoms with Crippen molar-refractivity contribution in [1.29, 1.82) is 0 Å². The van der Waals surface area contributed by atoms with Gasteiger partial charge in [0, 0.05) is 5.69 Å². The fraction of sp³-hybridized carbons (Fsp3) is 0.625. The molecule has 1 unspecified atom stereocenters. The maximum absolute atomic E-state index is 8.86. The fourth-order valence-corrected chi connectivity index (χ4v) is 1.03. The van der Waals surface area contributed by atoms with Crippen molar-refractivity contribution in [3.8, 4) is 0 Å². The van der Waals surface area contributed by atoms with Crippen LogP contribution in [0.2, 0.25) is 0 Å². The molecule has 62 valence electrons. The van der Waals surface area contributed by atoms with Crippen LogP contribution in [-0.4, -0.2) is 21.5 Å². The molecular weight excluding hydrogens is 140 g/mol. The summed E-state index contributed by atoms with van der Waals surface area (Å²) in [5.74, 6) is 0. The molecule has 0 bridgehead atoms. The predicted molar refractivity (Wildman–Crippen MR) is 43.5 cm³/mol. The Morgan fingerprint density at radius 2 is 2.27 bits per heavy atom. The average molecular weight is 154 g/mol. The zero-order chi connectivity index (χ0) is 8.43. The van der Waals surface area contributed by atoms with Crippen molar-refractivity contribution in [3.63, 3.8) is 0 Å². The van der Waals surface area contributed by atoms with E-state index in [9.17, 15) is 0 Å². The molecule has 1 N–H and O–H groups in total. The summed E-state index contributed by atoms with van der Waals surface area (Å²) < 4.78 is 1.84. The van der Waals surface area contributed by atoms with Gasteiger partial charge in [0.25, 0.3) is 0 Å². The second-order valence-electron chi connectivity index (χ2n) is 2.89. The summed E-state index contributed by atoms with van der Waals surface area (Å²) >= 11 is 0. The lowest BCUT2D eigenvalue weighted by Gasteiger charge is -2.10. The summed E-state index contributed by atoms with van der Waals surface area (Å²) in [5.41, 5.74) is 2.30. The lowest BCUT2D eigenvalue weighted by molar-refractivity contribution is 0.228. The first-order chi connectivity index (χ1) is 5.16. The van der Waals surface area contributed by atoms with Gasteiger partial charge in [0.15, 0.2) is 0 Å². The number of nitrogens with zero attached hydrogens (tertiary/aromatic N) is 2. The second-order valence-corrected chi connectivity index (χ2v) is 2.89. The van der Waals surface area contributed by atoms with E-state index in [2.05, 4.69) is 5.10 Å². The molecule has 0 aliphatic rings. The Morgan fingerprint density at radius 3 is 2.64 bits per heavy atom. The summed E-state index contributed by atoms with van der Waals surface area (Å²) in [7, 11) is 0. The van der Waals surface area contributed by atoms with E-state index in [0.29, 0.717) is 0 Å². The molecular formula is C8H14N2O. The predicted octanol–water partition coefficient (Wildman–Crippen LogP) is 1.05. The monoisotopic (exact) mass is 154 g/mol. The first-order valence-electron chi connectivity index (χ1n) is 3.78. The third kappa shape index (κ3) is 1.43. The van der Waals surface area contributed by atoms with Crippen LogP contribution in [0.3, 0.4) is 0 Å². The molecule has 0 saturated heterocycles. The summed E-state index contributed by atoms with van der Waals surface area (Å²) in [4.78, 5) is 0. The van der Waals surface area contributed by atoms with Gasteiger partial charge < -0.3 is 5.11 Å². The van der Waals surface area contributed by atoms with Crippen LogP contribution in [0.5, 0.6) is 0 Å². The van der Waals surface area contributed by atoms with E-state index >= 15 is 0 Å². The molecule has 0 radical (unpaired) electrons. The molecule has 1 aromatic heterocycles. The molecule has 3 nitrogen and oxygen atoms in total. The largest absolute Gasteiger partial charge is 0.394 e. The van der Waals surface area contributed by atoms with E-state index in [1.165, 1.54) is 5.56 Å². The number of aryl methyl sites for hydroxylation is 1. The Morgan fingerprint density at radius 1 is 1.64 bits per heavy atom. The van der Waals surface area contributed by atoms with Gasteiger partial charge in [0.2, 0.25) is 0 Å². The highest BCUT2D eigenvalue weighted by Crippen LogP contribution is 2.10. The number of aromatic nitrogens is 2. The van der Waals surface area contributed by atoms with Crippen molar-refractivity contribution < 1.29 is 5.11 Å². The van der Waals surface area contributed by atoms with Crippen molar-refractivity contribution in [2.45, 2.75) is 26.8 Å². The first-order valence-corrected chi connectivity index (χ1v) is 3.78. The molecule has 11 heavy (non-hydrogen) atoms. The smallest absolute Gasteiger partial charge is 0.0724 e. The third-order valence-electron chi connectivity index (χ3n) is 1.97. The van der Waals surface area contributed by atoms with Crippen LogP contribution in [0.15, 0.2) is 6.20 Å². The molecule has 0 aliphatic heterocycles. The van der Waals surface area contributed by atoms with E-state index in [1.54, 1.807) is 0 Å². The van der Waals surface area contributed by atoms with Crippen LogP contribution < -0.4 is 0 Å². The minimum absolute atomic E-state index is 0.0868. The van der Waals surface area contributed by atoms with Crippen LogP contribution in [-0.2, 0) is 0 Å². The summed E-state index contributed by atoms with van der Waals surface area (Å²) in [6, 6.07) is 0.0868. The van der Waals surface area contributed by atoms with Crippen LogP contribution >= 0.6 is 0 Å². The van der Waals surface area contributed by atoms with Gasteiger partial charge >= 0.3 is 0 Å². The van der Waals surface area contributed by atoms with Gasteiger partial charge in [-0.05, 0) is 26.3 Å². The van der Waals surface area contributed by atoms with Crippen LogP contribution in [0.4, 0.5) is 0 Å². The summed E-state index contributed by atoms with van der Waals surface area (Å²) in [6.07, 6.45) is 1.82. The first kappa shape index (κ1) is 8.27. The molecule has 0 fully saturated rings. The summed E-state index contributed by atoms with van der Waals surface area (Å²) in [5, 5.41) is 13.0. The third-order valence-corrected chi connectivity index (χ3v) is 1.97. The number of hydrogen-bond donors (Lipinski definition) is 1. The number of aliphatic hydroxyl groups is 1. The van der Waals surface area contributed by atoms with Crippen LogP contribution in [0.1, 0.15) is 24.2 Å². The average Bonchev–Trinajstić information content (AvgIpc) is 2.32. The zero-order valence-corrected chi connectivity index (χ0v) is 7.20. The van der Waals surface area contributed by atoms with Gasteiger partial charge in [-0.15, -0.1) is 0 Å². The lowest BCUT2D eigenvalue weighted by atomic mass is 10.3. The highest BCUT2D eigenvalue weighted by Gasteiger charge is 2.07. The number of rotatable bonds is 2. The molecule has 0 spiro atoms. The Kier molecular flexibility index (Phi) is 2.29. The Labute approximate surface area is 66.7 Å². The van der Waals surface area contributed by atoms with Crippen molar-refractivity contribution in [1.82, 2.24) is 9.78 Å². The fourth-order valence-electron chi connectivity index (χ4n) is 1.03. The van der Waals surface area contributed by atoms with Crippen molar-refractivity contribution in [3.05, 3.63) is 17.5 Å². The Balaban J connectivity index is 2.94. The van der Waals surface area contributed by atoms with E-state index in [-0.39, 0.29) is 12.6 Å². The van der Waals surface area contributed by atoms with Gasteiger partial charge in [0.05, 0.1) is 18.8 Å². The molecule has 0 saturated carbocycles. The van der Waals surface area contributed by atoms with Gasteiger partial charge in [-0.25, -0.2) is 0 Å². The SMILES string of the molecule is Cc1cnn(C(C)CO)c1C. The Bertz CT molecular complexity index is 242. The maximum atomic E-state index is 8.86. The Hall–Kier alpha value is -0.830. The standard InChI is InChI=1S/C8H14N2O/c1-6-4-9-10(8(6)3)7(2)5-11/h4,7,11H,5H2,1-3H3. The van der Waals surface area contributed by atoms with Crippen LogP contribution in [0, 0.1) is 13.8 Å². The molecule has 1 heterocycles. The van der Waals surface area contributed by atoms with Gasteiger partial charge in [0.1, 0.15) is 0 Å². The van der Waals surface area contributed by atoms with E-state index in [1.807, 2.05) is 31.6 Å². The minimum atomic E-state index is 0.0868. The number of hydrogen-bond acceptors (Lipinski definition) is 2.